The summed E-state index contributed by atoms with van der Waals surface area (Å²) < 4.78 is 26.3. The Kier molecular flexibility index (Phi) is 9.37. The fourth-order valence-electron chi connectivity index (χ4n) is 3.73. The van der Waals surface area contributed by atoms with Crippen LogP contribution in [0, 0.1) is 0 Å². The molecule has 3 rings (SSSR count). The zero-order chi connectivity index (χ0) is 26.3. The first-order valence-electron chi connectivity index (χ1n) is 11.1. The second-order valence-electron chi connectivity index (χ2n) is 8.21. The van der Waals surface area contributed by atoms with E-state index >= 15 is 0 Å². The molecule has 0 aliphatic heterocycles. The van der Waals surface area contributed by atoms with Crippen LogP contribution in [0.15, 0.2) is 78.9 Å². The molecule has 0 radical (unpaired) electrons. The number of hydrogen-bond donors (Lipinski definition) is 1. The van der Waals surface area contributed by atoms with Crippen molar-refractivity contribution in [3.63, 3.8) is 0 Å². The predicted octanol–water partition coefficient (Wildman–Crippen LogP) is 4.15. The van der Waals surface area contributed by atoms with Crippen molar-refractivity contribution in [2.24, 2.45) is 0 Å². The number of hydrogen-bond acceptors (Lipinski definition) is 4. The van der Waals surface area contributed by atoms with Crippen LogP contribution in [0.3, 0.4) is 0 Å². The maximum Gasteiger partial charge on any atom is 0.244 e. The van der Waals surface area contributed by atoms with Gasteiger partial charge in [-0.3, -0.25) is 13.9 Å². The first-order valence-corrected chi connectivity index (χ1v) is 13.7. The Labute approximate surface area is 221 Å². The molecule has 1 N–H and O–H groups in total. The number of benzene rings is 3. The van der Waals surface area contributed by atoms with E-state index in [1.54, 1.807) is 36.4 Å². The number of carbonyl (C=O) groups is 2. The summed E-state index contributed by atoms with van der Waals surface area (Å²) >= 11 is 12.0. The number of sulfonamides is 1. The summed E-state index contributed by atoms with van der Waals surface area (Å²) in [4.78, 5) is 28.2. The largest absolute Gasteiger partial charge is 0.357 e. The van der Waals surface area contributed by atoms with Crippen LogP contribution < -0.4 is 9.62 Å². The Morgan fingerprint density at radius 1 is 0.861 bits per heavy atom. The van der Waals surface area contributed by atoms with Gasteiger partial charge in [0.15, 0.2) is 0 Å². The van der Waals surface area contributed by atoms with Crippen molar-refractivity contribution in [3.8, 4) is 0 Å². The summed E-state index contributed by atoms with van der Waals surface area (Å²) in [7, 11) is -2.32. The fraction of sp³-hybridized carbons (Fsp3) is 0.231. The van der Waals surface area contributed by atoms with Crippen molar-refractivity contribution in [2.75, 3.05) is 24.2 Å². The van der Waals surface area contributed by atoms with Gasteiger partial charge in [0.1, 0.15) is 12.6 Å². The minimum atomic E-state index is -3.82. The van der Waals surface area contributed by atoms with E-state index in [9.17, 15) is 18.0 Å². The zero-order valence-corrected chi connectivity index (χ0v) is 22.2. The topological polar surface area (TPSA) is 86.8 Å². The number of carbonyl (C=O) groups excluding carboxylic acids is 2. The van der Waals surface area contributed by atoms with Crippen molar-refractivity contribution in [3.05, 3.63) is 100 Å². The lowest BCUT2D eigenvalue weighted by Gasteiger charge is -2.33. The van der Waals surface area contributed by atoms with Crippen molar-refractivity contribution >= 4 is 50.7 Å². The predicted molar refractivity (Wildman–Crippen MR) is 144 cm³/mol. The lowest BCUT2D eigenvalue weighted by atomic mass is 10.0. The van der Waals surface area contributed by atoms with E-state index in [4.69, 9.17) is 23.2 Å². The minimum Gasteiger partial charge on any atom is -0.357 e. The summed E-state index contributed by atoms with van der Waals surface area (Å²) in [6, 6.07) is 21.5. The van der Waals surface area contributed by atoms with Crippen molar-refractivity contribution in [1.29, 1.82) is 0 Å². The van der Waals surface area contributed by atoms with Crippen molar-refractivity contribution in [1.82, 2.24) is 10.2 Å². The summed E-state index contributed by atoms with van der Waals surface area (Å²) in [6.07, 6.45) is 1.28. The van der Waals surface area contributed by atoms with E-state index in [0.29, 0.717) is 15.7 Å². The highest BCUT2D eigenvalue weighted by Gasteiger charge is 2.32. The molecule has 36 heavy (non-hydrogen) atoms. The second-order valence-corrected chi connectivity index (χ2v) is 11.0. The third-order valence-electron chi connectivity index (χ3n) is 5.58. The average molecular weight is 548 g/mol. The molecule has 0 saturated carbocycles. The van der Waals surface area contributed by atoms with E-state index in [-0.39, 0.29) is 18.9 Å². The number of halogens is 2. The van der Waals surface area contributed by atoms with Crippen LogP contribution in [0.5, 0.6) is 0 Å². The quantitative estimate of drug-likeness (QED) is 0.413. The van der Waals surface area contributed by atoms with Gasteiger partial charge in [0.05, 0.1) is 11.9 Å². The van der Waals surface area contributed by atoms with Crippen molar-refractivity contribution in [2.45, 2.75) is 19.0 Å². The molecule has 10 heteroatoms. The summed E-state index contributed by atoms with van der Waals surface area (Å²) in [5.74, 6) is -0.895. The van der Waals surface area contributed by atoms with Gasteiger partial charge in [0.25, 0.3) is 0 Å². The Morgan fingerprint density at radius 3 is 1.94 bits per heavy atom. The van der Waals surface area contributed by atoms with Crippen molar-refractivity contribution < 1.29 is 18.0 Å². The number of rotatable bonds is 10. The molecule has 7 nitrogen and oxygen atoms in total. The van der Waals surface area contributed by atoms with Gasteiger partial charge in [0.2, 0.25) is 21.8 Å². The van der Waals surface area contributed by atoms with Gasteiger partial charge in [-0.25, -0.2) is 8.42 Å². The van der Waals surface area contributed by atoms with Gasteiger partial charge in [-0.05, 0) is 47.5 Å². The molecule has 0 saturated heterocycles. The van der Waals surface area contributed by atoms with Gasteiger partial charge >= 0.3 is 0 Å². The van der Waals surface area contributed by atoms with Crippen LogP contribution >= 0.6 is 23.2 Å². The fourth-order valence-corrected chi connectivity index (χ4v) is 4.83. The van der Waals surface area contributed by atoms with Crippen LogP contribution in [0.4, 0.5) is 5.69 Å². The molecule has 0 aromatic heterocycles. The Hall–Kier alpha value is -3.07. The summed E-state index contributed by atoms with van der Waals surface area (Å²) in [5, 5.41) is 3.61. The molecular formula is C26H27Cl2N3O4S. The molecule has 3 aromatic rings. The van der Waals surface area contributed by atoms with Gasteiger partial charge in [-0.1, -0.05) is 65.7 Å². The molecule has 0 fully saturated rings. The standard InChI is InChI=1S/C26H27Cl2N3O4S/c1-29-26(33)24(16-19-6-4-3-5-7-19)30(17-20-8-10-21(27)11-9-20)25(32)18-31(36(2,34)35)23-14-12-22(28)13-15-23/h3-15,24H,16-18H2,1-2H3,(H,29,33)/t24-/m0/s1. The SMILES string of the molecule is CNC(=O)[C@H](Cc1ccccc1)N(Cc1ccc(Cl)cc1)C(=O)CN(c1ccc(Cl)cc1)S(C)(=O)=O. The highest BCUT2D eigenvalue weighted by Crippen LogP contribution is 2.22. The van der Waals surface area contributed by atoms with Gasteiger partial charge in [-0.2, -0.15) is 0 Å². The smallest absolute Gasteiger partial charge is 0.244 e. The van der Waals surface area contributed by atoms with E-state index in [1.165, 1.54) is 24.1 Å². The van der Waals surface area contributed by atoms with Gasteiger partial charge < -0.3 is 10.2 Å². The third-order valence-corrected chi connectivity index (χ3v) is 7.22. The number of amides is 2. The number of likely N-dealkylation sites (N-methyl/N-ethyl adjacent to an activating group) is 1. The molecule has 3 aromatic carbocycles. The van der Waals surface area contributed by atoms with E-state index in [2.05, 4.69) is 5.32 Å². The van der Waals surface area contributed by atoms with E-state index < -0.39 is 28.5 Å². The average Bonchev–Trinajstić information content (AvgIpc) is 2.86. The zero-order valence-electron chi connectivity index (χ0n) is 19.9. The monoisotopic (exact) mass is 547 g/mol. The molecule has 0 aliphatic carbocycles. The highest BCUT2D eigenvalue weighted by atomic mass is 35.5. The Bertz CT molecular complexity index is 1290. The lowest BCUT2D eigenvalue weighted by molar-refractivity contribution is -0.139. The molecule has 0 bridgehead atoms. The third kappa shape index (κ3) is 7.46. The number of nitrogens with one attached hydrogen (secondary N) is 1. The number of anilines is 1. The van der Waals surface area contributed by atoms with Gasteiger partial charge in [0, 0.05) is 30.1 Å². The van der Waals surface area contributed by atoms with E-state index in [0.717, 1.165) is 21.7 Å². The van der Waals surface area contributed by atoms with Crippen LogP contribution in [0.2, 0.25) is 10.0 Å². The van der Waals surface area contributed by atoms with Crippen LogP contribution in [0.1, 0.15) is 11.1 Å². The second kappa shape index (κ2) is 12.3. The maximum absolute atomic E-state index is 13.8. The highest BCUT2D eigenvalue weighted by molar-refractivity contribution is 7.92. The first-order chi connectivity index (χ1) is 17.1. The maximum atomic E-state index is 13.8. The Morgan fingerprint density at radius 2 is 1.42 bits per heavy atom. The summed E-state index contributed by atoms with van der Waals surface area (Å²) in [6.45, 7) is -0.407. The van der Waals surface area contributed by atoms with Gasteiger partial charge in [-0.15, -0.1) is 0 Å². The van der Waals surface area contributed by atoms with Crippen LogP contribution in [0.25, 0.3) is 0 Å². The molecule has 0 aliphatic rings. The summed E-state index contributed by atoms with van der Waals surface area (Å²) in [5.41, 5.74) is 1.89. The molecule has 1 atom stereocenters. The minimum absolute atomic E-state index is 0.0825. The van der Waals surface area contributed by atoms with E-state index in [1.807, 2.05) is 30.3 Å². The van der Waals surface area contributed by atoms with Crippen LogP contribution in [-0.2, 0) is 32.6 Å². The normalized spacial score (nSPS) is 12.0. The first kappa shape index (κ1) is 27.5. The molecule has 190 valence electrons. The van der Waals surface area contributed by atoms with Crippen LogP contribution in [-0.4, -0.2) is 51.0 Å². The lowest BCUT2D eigenvalue weighted by Crippen LogP contribution is -2.52. The molecular weight excluding hydrogens is 521 g/mol. The molecule has 0 spiro atoms. The Balaban J connectivity index is 2.00. The molecule has 0 heterocycles. The number of nitrogens with zero attached hydrogens (tertiary/aromatic N) is 2. The molecule has 2 amide bonds. The molecule has 0 unspecified atom stereocenters.